The lowest BCUT2D eigenvalue weighted by molar-refractivity contribution is -0.134. The van der Waals surface area contributed by atoms with Crippen LogP contribution in [0, 0.1) is 11.3 Å². The lowest BCUT2D eigenvalue weighted by Crippen LogP contribution is -2.50. The molecule has 1 amide bonds. The Morgan fingerprint density at radius 3 is 2.29 bits per heavy atom. The van der Waals surface area contributed by atoms with Gasteiger partial charge in [-0.1, -0.05) is 40.0 Å². The van der Waals surface area contributed by atoms with Gasteiger partial charge in [0.15, 0.2) is 0 Å². The Morgan fingerprint density at radius 2 is 1.82 bits per heavy atom. The number of carbonyl (C=O) groups is 1. The third-order valence-corrected chi connectivity index (χ3v) is 3.83. The summed E-state index contributed by atoms with van der Waals surface area (Å²) in [7, 11) is 1.89. The molecular formula is C14H28N2O. The largest absolute Gasteiger partial charge is 0.344 e. The first kappa shape index (κ1) is 14.5. The summed E-state index contributed by atoms with van der Waals surface area (Å²) in [6.07, 6.45) is 6.52. The molecule has 1 aliphatic rings. The molecule has 0 heterocycles. The minimum Gasteiger partial charge on any atom is -0.344 e. The fourth-order valence-corrected chi connectivity index (χ4v) is 2.45. The van der Waals surface area contributed by atoms with Gasteiger partial charge in [-0.05, 0) is 24.2 Å². The van der Waals surface area contributed by atoms with Gasteiger partial charge in [-0.2, -0.15) is 0 Å². The molecule has 1 aliphatic carbocycles. The van der Waals surface area contributed by atoms with Crippen LogP contribution in [0.4, 0.5) is 0 Å². The van der Waals surface area contributed by atoms with Crippen LogP contribution in [-0.4, -0.2) is 30.4 Å². The number of nitrogens with zero attached hydrogens (tertiary/aromatic N) is 1. The molecule has 1 rings (SSSR count). The molecule has 0 bridgehead atoms. The summed E-state index contributed by atoms with van der Waals surface area (Å²) in [5.74, 6) is 0.771. The second-order valence-corrected chi connectivity index (χ2v) is 6.57. The van der Waals surface area contributed by atoms with Crippen molar-refractivity contribution in [3.8, 4) is 0 Å². The van der Waals surface area contributed by atoms with Gasteiger partial charge >= 0.3 is 0 Å². The number of hydrogen-bond donors (Lipinski definition) is 1. The van der Waals surface area contributed by atoms with Crippen LogP contribution in [0.15, 0.2) is 0 Å². The van der Waals surface area contributed by atoms with Crippen molar-refractivity contribution >= 4 is 5.91 Å². The molecule has 2 N–H and O–H groups in total. The topological polar surface area (TPSA) is 46.3 Å². The maximum absolute atomic E-state index is 12.2. The quantitative estimate of drug-likeness (QED) is 0.823. The fourth-order valence-electron chi connectivity index (χ4n) is 2.45. The van der Waals surface area contributed by atoms with Gasteiger partial charge in [0, 0.05) is 13.6 Å². The Labute approximate surface area is 106 Å². The molecule has 0 aliphatic heterocycles. The van der Waals surface area contributed by atoms with Gasteiger partial charge in [-0.3, -0.25) is 4.79 Å². The summed E-state index contributed by atoms with van der Waals surface area (Å²) in [4.78, 5) is 14.0. The first-order chi connectivity index (χ1) is 7.82. The molecule has 0 radical (unpaired) electrons. The Bertz CT molecular complexity index is 251. The minimum absolute atomic E-state index is 0.0862. The average molecular weight is 240 g/mol. The van der Waals surface area contributed by atoms with Gasteiger partial charge in [-0.15, -0.1) is 0 Å². The highest BCUT2D eigenvalue weighted by atomic mass is 16.2. The first-order valence-electron chi connectivity index (χ1n) is 6.83. The van der Waals surface area contributed by atoms with E-state index in [9.17, 15) is 4.79 Å². The summed E-state index contributed by atoms with van der Waals surface area (Å²) in [5.41, 5.74) is 5.85. The zero-order valence-corrected chi connectivity index (χ0v) is 11.8. The molecule has 1 saturated carbocycles. The highest BCUT2D eigenvalue weighted by Crippen LogP contribution is 2.25. The van der Waals surface area contributed by atoms with E-state index in [-0.39, 0.29) is 11.3 Å². The van der Waals surface area contributed by atoms with Crippen LogP contribution in [0.2, 0.25) is 0 Å². The second kappa shape index (κ2) is 5.85. The van der Waals surface area contributed by atoms with E-state index in [1.54, 1.807) is 0 Å². The lowest BCUT2D eigenvalue weighted by atomic mass is 9.85. The molecule has 0 aromatic carbocycles. The monoisotopic (exact) mass is 240 g/mol. The van der Waals surface area contributed by atoms with E-state index >= 15 is 0 Å². The van der Waals surface area contributed by atoms with Crippen molar-refractivity contribution in [2.75, 3.05) is 13.6 Å². The summed E-state index contributed by atoms with van der Waals surface area (Å²) in [6.45, 7) is 6.93. The third-order valence-electron chi connectivity index (χ3n) is 3.83. The van der Waals surface area contributed by atoms with Crippen molar-refractivity contribution in [1.29, 1.82) is 0 Å². The van der Waals surface area contributed by atoms with E-state index < -0.39 is 6.04 Å². The molecule has 3 heteroatoms. The maximum atomic E-state index is 12.2. The number of likely N-dealkylation sites (N-methyl/N-ethyl adjacent to an activating group) is 1. The SMILES string of the molecule is CN(CC1CCCCC1)C(=O)C(N)C(C)(C)C. The van der Waals surface area contributed by atoms with Gasteiger partial charge in [0.2, 0.25) is 5.91 Å². The molecule has 0 saturated heterocycles. The molecule has 17 heavy (non-hydrogen) atoms. The Hall–Kier alpha value is -0.570. The highest BCUT2D eigenvalue weighted by molar-refractivity contribution is 5.82. The van der Waals surface area contributed by atoms with Crippen molar-refractivity contribution in [1.82, 2.24) is 4.90 Å². The van der Waals surface area contributed by atoms with Crippen molar-refractivity contribution < 1.29 is 4.79 Å². The standard InChI is InChI=1S/C14H28N2O/c1-14(2,3)12(15)13(17)16(4)10-11-8-6-5-7-9-11/h11-12H,5-10,15H2,1-4H3. The van der Waals surface area contributed by atoms with Crippen LogP contribution in [0.5, 0.6) is 0 Å². The van der Waals surface area contributed by atoms with Gasteiger partial charge in [0.1, 0.15) is 0 Å². The summed E-state index contributed by atoms with van der Waals surface area (Å²) in [5, 5.41) is 0. The maximum Gasteiger partial charge on any atom is 0.239 e. The van der Waals surface area contributed by atoms with Crippen molar-refractivity contribution in [2.24, 2.45) is 17.1 Å². The zero-order valence-electron chi connectivity index (χ0n) is 11.8. The number of amides is 1. The van der Waals surface area contributed by atoms with Gasteiger partial charge in [-0.25, -0.2) is 0 Å². The smallest absolute Gasteiger partial charge is 0.239 e. The molecule has 1 unspecified atom stereocenters. The molecule has 0 aromatic heterocycles. The van der Waals surface area contributed by atoms with Crippen LogP contribution in [0.1, 0.15) is 52.9 Å². The zero-order chi connectivity index (χ0) is 13.1. The van der Waals surface area contributed by atoms with E-state index in [0.717, 1.165) is 6.54 Å². The van der Waals surface area contributed by atoms with Crippen LogP contribution >= 0.6 is 0 Å². The second-order valence-electron chi connectivity index (χ2n) is 6.57. The molecule has 100 valence electrons. The van der Waals surface area contributed by atoms with Crippen molar-refractivity contribution in [3.05, 3.63) is 0 Å². The van der Waals surface area contributed by atoms with Crippen LogP contribution in [0.25, 0.3) is 0 Å². The van der Waals surface area contributed by atoms with E-state index in [1.807, 2.05) is 32.7 Å². The van der Waals surface area contributed by atoms with E-state index in [4.69, 9.17) is 5.73 Å². The molecule has 1 fully saturated rings. The van der Waals surface area contributed by atoms with Gasteiger partial charge in [0.05, 0.1) is 6.04 Å². The van der Waals surface area contributed by atoms with Crippen LogP contribution < -0.4 is 5.73 Å². The lowest BCUT2D eigenvalue weighted by Gasteiger charge is -2.32. The summed E-state index contributed by atoms with van der Waals surface area (Å²) < 4.78 is 0. The Balaban J connectivity index is 2.46. The normalized spacial score (nSPS) is 20.1. The Kier molecular flexibility index (Phi) is 4.99. The first-order valence-corrected chi connectivity index (χ1v) is 6.83. The highest BCUT2D eigenvalue weighted by Gasteiger charge is 2.30. The Morgan fingerprint density at radius 1 is 1.29 bits per heavy atom. The van der Waals surface area contributed by atoms with E-state index in [1.165, 1.54) is 32.1 Å². The molecular weight excluding hydrogens is 212 g/mol. The average Bonchev–Trinajstić information content (AvgIpc) is 2.27. The van der Waals surface area contributed by atoms with Crippen molar-refractivity contribution in [2.45, 2.75) is 58.9 Å². The summed E-state index contributed by atoms with van der Waals surface area (Å²) in [6, 6.07) is -0.393. The van der Waals surface area contributed by atoms with Gasteiger partial charge < -0.3 is 10.6 Å². The third kappa shape index (κ3) is 4.30. The molecule has 0 spiro atoms. The number of nitrogens with two attached hydrogens (primary N) is 1. The summed E-state index contributed by atoms with van der Waals surface area (Å²) >= 11 is 0. The molecule has 1 atom stereocenters. The molecule has 3 nitrogen and oxygen atoms in total. The fraction of sp³-hybridized carbons (Fsp3) is 0.929. The minimum atomic E-state index is -0.393. The van der Waals surface area contributed by atoms with Crippen LogP contribution in [-0.2, 0) is 4.79 Å². The number of rotatable bonds is 3. The predicted molar refractivity (Wildman–Crippen MR) is 71.6 cm³/mol. The predicted octanol–water partition coefficient (Wildman–Crippen LogP) is 2.40. The van der Waals surface area contributed by atoms with E-state index in [0.29, 0.717) is 5.92 Å². The van der Waals surface area contributed by atoms with E-state index in [2.05, 4.69) is 0 Å². The molecule has 0 aromatic rings. The van der Waals surface area contributed by atoms with Gasteiger partial charge in [0.25, 0.3) is 0 Å². The van der Waals surface area contributed by atoms with Crippen LogP contribution in [0.3, 0.4) is 0 Å². The van der Waals surface area contributed by atoms with Crippen molar-refractivity contribution in [3.63, 3.8) is 0 Å². The number of carbonyl (C=O) groups excluding carboxylic acids is 1. The number of hydrogen-bond acceptors (Lipinski definition) is 2.